The molecule has 4 nitrogen and oxygen atoms in total. The summed E-state index contributed by atoms with van der Waals surface area (Å²) in [4.78, 5) is 18.6. The van der Waals surface area contributed by atoms with Crippen molar-refractivity contribution in [3.63, 3.8) is 0 Å². The lowest BCUT2D eigenvalue weighted by Gasteiger charge is -2.02. The lowest BCUT2D eigenvalue weighted by Crippen LogP contribution is -2.15. The second-order valence-electron chi connectivity index (χ2n) is 3.01. The molecule has 0 atom stereocenters. The normalized spacial score (nSPS) is 10.5. The number of H-pyrrole nitrogens is 1. The third-order valence-corrected chi connectivity index (χ3v) is 3.13. The Hall–Kier alpha value is -1.11. The Balaban J connectivity index is 2.61. The molecule has 0 spiro atoms. The van der Waals surface area contributed by atoms with Crippen LogP contribution in [0.3, 0.4) is 0 Å². The highest BCUT2D eigenvalue weighted by Gasteiger charge is 2.09. The summed E-state index contributed by atoms with van der Waals surface area (Å²) in [5.74, 6) is 1.07. The zero-order valence-corrected chi connectivity index (χ0v) is 10.2. The highest BCUT2D eigenvalue weighted by Crippen LogP contribution is 2.15. The van der Waals surface area contributed by atoms with Gasteiger partial charge in [0.25, 0.3) is 5.56 Å². The summed E-state index contributed by atoms with van der Waals surface area (Å²) < 4.78 is 5.82. The van der Waals surface area contributed by atoms with E-state index in [0.717, 1.165) is 12.1 Å². The van der Waals surface area contributed by atoms with Crippen molar-refractivity contribution < 1.29 is 4.42 Å². The van der Waals surface area contributed by atoms with Crippen molar-refractivity contribution in [2.24, 2.45) is 0 Å². The van der Waals surface area contributed by atoms with E-state index in [9.17, 15) is 4.79 Å². The molecular weight excluding hydrogens is 307 g/mol. The molecule has 1 N–H and O–H groups in total. The molecular formula is C10H9IN2O2. The number of aromatic amines is 1. The van der Waals surface area contributed by atoms with Crippen LogP contribution in [0.25, 0.3) is 11.6 Å². The van der Waals surface area contributed by atoms with Gasteiger partial charge in [0.15, 0.2) is 11.6 Å². The standard InChI is InChI=1S/C10H9IN2O2/c1-2-6-8(11)10(14)13-9(12-6)7-4-3-5-15-7/h3-5H,2H2,1H3,(H,12,13,14). The molecule has 0 bridgehead atoms. The zero-order chi connectivity index (χ0) is 10.8. The predicted molar refractivity (Wildman–Crippen MR) is 64.7 cm³/mol. The van der Waals surface area contributed by atoms with E-state index in [1.165, 1.54) is 0 Å². The fourth-order valence-electron chi connectivity index (χ4n) is 1.27. The van der Waals surface area contributed by atoms with Crippen LogP contribution in [0.1, 0.15) is 12.6 Å². The van der Waals surface area contributed by atoms with E-state index in [1.807, 2.05) is 29.5 Å². The molecule has 0 amide bonds. The van der Waals surface area contributed by atoms with Gasteiger partial charge in [-0.2, -0.15) is 0 Å². The summed E-state index contributed by atoms with van der Waals surface area (Å²) in [6.07, 6.45) is 2.29. The Labute approximate surface area is 99.9 Å². The minimum atomic E-state index is -0.117. The summed E-state index contributed by atoms with van der Waals surface area (Å²) in [6.45, 7) is 1.97. The summed E-state index contributed by atoms with van der Waals surface area (Å²) in [5, 5.41) is 0. The monoisotopic (exact) mass is 316 g/mol. The van der Waals surface area contributed by atoms with E-state index in [-0.39, 0.29) is 5.56 Å². The first-order valence-electron chi connectivity index (χ1n) is 4.55. The molecule has 0 unspecified atom stereocenters. The van der Waals surface area contributed by atoms with Gasteiger partial charge in [0, 0.05) is 0 Å². The molecule has 15 heavy (non-hydrogen) atoms. The SMILES string of the molecule is CCc1nc(-c2ccco2)[nH]c(=O)c1I. The van der Waals surface area contributed by atoms with Crippen molar-refractivity contribution in [3.8, 4) is 11.6 Å². The average Bonchev–Trinajstić information content (AvgIpc) is 2.75. The molecule has 0 aliphatic heterocycles. The lowest BCUT2D eigenvalue weighted by atomic mass is 10.3. The van der Waals surface area contributed by atoms with Crippen LogP contribution in [0.2, 0.25) is 0 Å². The molecule has 78 valence electrons. The van der Waals surface area contributed by atoms with Crippen LogP contribution >= 0.6 is 22.6 Å². The molecule has 2 aromatic heterocycles. The fourth-order valence-corrected chi connectivity index (χ4v) is 1.91. The molecule has 0 aliphatic rings. The third-order valence-electron chi connectivity index (χ3n) is 2.02. The topological polar surface area (TPSA) is 58.9 Å². The highest BCUT2D eigenvalue weighted by atomic mass is 127. The largest absolute Gasteiger partial charge is 0.461 e. The van der Waals surface area contributed by atoms with Crippen molar-refractivity contribution >= 4 is 22.6 Å². The minimum absolute atomic E-state index is 0.117. The maximum atomic E-state index is 11.6. The van der Waals surface area contributed by atoms with Gasteiger partial charge in [-0.3, -0.25) is 4.79 Å². The summed E-state index contributed by atoms with van der Waals surface area (Å²) in [7, 11) is 0. The van der Waals surface area contributed by atoms with Gasteiger partial charge in [0.05, 0.1) is 15.5 Å². The molecule has 0 radical (unpaired) electrons. The van der Waals surface area contributed by atoms with E-state index in [1.54, 1.807) is 18.4 Å². The average molecular weight is 316 g/mol. The third kappa shape index (κ3) is 1.97. The first-order chi connectivity index (χ1) is 7.22. The van der Waals surface area contributed by atoms with Crippen molar-refractivity contribution in [3.05, 3.63) is 38.0 Å². The van der Waals surface area contributed by atoms with E-state index in [4.69, 9.17) is 4.42 Å². The number of nitrogens with zero attached hydrogens (tertiary/aromatic N) is 1. The predicted octanol–water partition coefficient (Wildman–Crippen LogP) is 2.20. The van der Waals surface area contributed by atoms with Crippen molar-refractivity contribution in [2.45, 2.75) is 13.3 Å². The quantitative estimate of drug-likeness (QED) is 0.864. The van der Waals surface area contributed by atoms with Gasteiger partial charge in [0.1, 0.15) is 0 Å². The minimum Gasteiger partial charge on any atom is -0.461 e. The number of hydrogen-bond donors (Lipinski definition) is 1. The summed E-state index contributed by atoms with van der Waals surface area (Å²) in [6, 6.07) is 3.53. The van der Waals surface area contributed by atoms with E-state index >= 15 is 0 Å². The molecule has 0 aromatic carbocycles. The number of furan rings is 1. The number of hydrogen-bond acceptors (Lipinski definition) is 3. The molecule has 0 fully saturated rings. The van der Waals surface area contributed by atoms with Gasteiger partial charge in [0.2, 0.25) is 0 Å². The van der Waals surface area contributed by atoms with Crippen LogP contribution in [0.5, 0.6) is 0 Å². The van der Waals surface area contributed by atoms with E-state index in [2.05, 4.69) is 9.97 Å². The number of nitrogens with one attached hydrogen (secondary N) is 1. The van der Waals surface area contributed by atoms with Crippen LogP contribution in [-0.2, 0) is 6.42 Å². The zero-order valence-electron chi connectivity index (χ0n) is 8.08. The Morgan fingerprint density at radius 1 is 1.60 bits per heavy atom. The Kier molecular flexibility index (Phi) is 2.90. The molecule has 2 heterocycles. The molecule has 5 heteroatoms. The highest BCUT2D eigenvalue weighted by molar-refractivity contribution is 14.1. The van der Waals surface area contributed by atoms with Crippen molar-refractivity contribution in [1.82, 2.24) is 9.97 Å². The first kappa shape index (κ1) is 10.4. The maximum Gasteiger partial charge on any atom is 0.264 e. The second kappa shape index (κ2) is 4.18. The van der Waals surface area contributed by atoms with Crippen LogP contribution in [0, 0.1) is 3.57 Å². The molecule has 0 aliphatic carbocycles. The van der Waals surface area contributed by atoms with Crippen LogP contribution in [0.4, 0.5) is 0 Å². The van der Waals surface area contributed by atoms with Gasteiger partial charge in [-0.25, -0.2) is 4.98 Å². The van der Waals surface area contributed by atoms with Crippen LogP contribution in [0.15, 0.2) is 27.6 Å². The molecule has 2 rings (SSSR count). The van der Waals surface area contributed by atoms with Gasteiger partial charge in [-0.15, -0.1) is 0 Å². The van der Waals surface area contributed by atoms with Gasteiger partial charge >= 0.3 is 0 Å². The van der Waals surface area contributed by atoms with E-state index in [0.29, 0.717) is 15.2 Å². The van der Waals surface area contributed by atoms with E-state index < -0.39 is 0 Å². The summed E-state index contributed by atoms with van der Waals surface area (Å²) >= 11 is 2.00. The van der Waals surface area contributed by atoms with Crippen LogP contribution < -0.4 is 5.56 Å². The van der Waals surface area contributed by atoms with Crippen LogP contribution in [-0.4, -0.2) is 9.97 Å². The lowest BCUT2D eigenvalue weighted by molar-refractivity contribution is 0.576. The maximum absolute atomic E-state index is 11.6. The first-order valence-corrected chi connectivity index (χ1v) is 5.62. The van der Waals surface area contributed by atoms with Crippen molar-refractivity contribution in [2.75, 3.05) is 0 Å². The van der Waals surface area contributed by atoms with Gasteiger partial charge < -0.3 is 9.40 Å². The number of aromatic nitrogens is 2. The molecule has 0 saturated carbocycles. The Morgan fingerprint density at radius 2 is 2.40 bits per heavy atom. The Morgan fingerprint density at radius 3 is 3.00 bits per heavy atom. The second-order valence-corrected chi connectivity index (χ2v) is 4.08. The number of halogens is 1. The number of rotatable bonds is 2. The van der Waals surface area contributed by atoms with Gasteiger partial charge in [-0.05, 0) is 41.1 Å². The number of aryl methyl sites for hydroxylation is 1. The van der Waals surface area contributed by atoms with Crippen molar-refractivity contribution in [1.29, 1.82) is 0 Å². The fraction of sp³-hybridized carbons (Fsp3) is 0.200. The summed E-state index contributed by atoms with van der Waals surface area (Å²) in [5.41, 5.74) is 0.680. The molecule has 0 saturated heterocycles. The Bertz CT molecular complexity index is 517. The molecule has 2 aromatic rings. The van der Waals surface area contributed by atoms with Gasteiger partial charge in [-0.1, -0.05) is 6.92 Å². The smallest absolute Gasteiger partial charge is 0.264 e.